The fourth-order valence-corrected chi connectivity index (χ4v) is 3.06. The summed E-state index contributed by atoms with van der Waals surface area (Å²) in [5.41, 5.74) is 4.66. The van der Waals surface area contributed by atoms with Gasteiger partial charge in [-0.1, -0.05) is 25.1 Å². The van der Waals surface area contributed by atoms with Crippen LogP contribution < -0.4 is 10.1 Å². The van der Waals surface area contributed by atoms with Gasteiger partial charge in [0.25, 0.3) is 5.91 Å². The zero-order chi connectivity index (χ0) is 20.2. The lowest BCUT2D eigenvalue weighted by molar-refractivity contribution is 0.102. The van der Waals surface area contributed by atoms with Crippen LogP contribution >= 0.6 is 0 Å². The van der Waals surface area contributed by atoms with Crippen molar-refractivity contribution in [2.75, 3.05) is 11.9 Å². The van der Waals surface area contributed by atoms with E-state index < -0.39 is 0 Å². The van der Waals surface area contributed by atoms with Crippen molar-refractivity contribution in [2.45, 2.75) is 20.3 Å². The van der Waals surface area contributed by atoms with Gasteiger partial charge in [-0.15, -0.1) is 0 Å². The molecule has 0 aliphatic rings. The molecule has 0 radical (unpaired) electrons. The number of hydrogen-bond acceptors (Lipinski definition) is 4. The van der Waals surface area contributed by atoms with Crippen LogP contribution in [0.2, 0.25) is 0 Å². The first-order valence-electron chi connectivity index (χ1n) is 9.65. The van der Waals surface area contributed by atoms with Gasteiger partial charge < -0.3 is 14.5 Å². The average Bonchev–Trinajstić information content (AvgIpc) is 3.16. The monoisotopic (exact) mass is 386 g/mol. The van der Waals surface area contributed by atoms with Crippen molar-refractivity contribution in [1.82, 2.24) is 4.98 Å². The highest BCUT2D eigenvalue weighted by Crippen LogP contribution is 2.28. The fraction of sp³-hybridized carbons (Fsp3) is 0.167. The van der Waals surface area contributed by atoms with Crippen molar-refractivity contribution in [2.24, 2.45) is 0 Å². The first kappa shape index (κ1) is 18.7. The lowest BCUT2D eigenvalue weighted by atomic mass is 10.1. The van der Waals surface area contributed by atoms with Crippen molar-refractivity contribution >= 4 is 22.7 Å². The molecule has 1 heterocycles. The molecule has 0 saturated carbocycles. The van der Waals surface area contributed by atoms with Crippen LogP contribution in [0, 0.1) is 6.92 Å². The van der Waals surface area contributed by atoms with Crippen LogP contribution in [0.4, 0.5) is 5.69 Å². The molecule has 0 bridgehead atoms. The predicted octanol–water partition coefficient (Wildman–Crippen LogP) is 5.84. The third-order valence-electron chi connectivity index (χ3n) is 4.61. The number of carbonyl (C=O) groups is 1. The molecule has 4 aromatic rings. The number of amides is 1. The number of nitrogens with zero attached hydrogens (tertiary/aromatic N) is 1. The molecule has 0 fully saturated rings. The maximum Gasteiger partial charge on any atom is 0.255 e. The van der Waals surface area contributed by atoms with Gasteiger partial charge in [0, 0.05) is 16.8 Å². The minimum Gasteiger partial charge on any atom is -0.494 e. The van der Waals surface area contributed by atoms with Gasteiger partial charge in [0.1, 0.15) is 11.3 Å². The van der Waals surface area contributed by atoms with Gasteiger partial charge in [-0.2, -0.15) is 0 Å². The molecular formula is C24H22N2O3. The van der Waals surface area contributed by atoms with Crippen LogP contribution in [0.3, 0.4) is 0 Å². The number of fused-ring (bicyclic) bond motifs is 1. The Morgan fingerprint density at radius 2 is 1.86 bits per heavy atom. The topological polar surface area (TPSA) is 64.4 Å². The Hall–Kier alpha value is -3.60. The highest BCUT2D eigenvalue weighted by Gasteiger charge is 2.12. The highest BCUT2D eigenvalue weighted by atomic mass is 16.5. The van der Waals surface area contributed by atoms with Crippen LogP contribution in [0.5, 0.6) is 5.75 Å². The van der Waals surface area contributed by atoms with Gasteiger partial charge in [0.2, 0.25) is 5.89 Å². The lowest BCUT2D eigenvalue weighted by Gasteiger charge is -2.07. The van der Waals surface area contributed by atoms with Gasteiger partial charge in [0.15, 0.2) is 5.58 Å². The number of hydrogen-bond donors (Lipinski definition) is 1. The van der Waals surface area contributed by atoms with Gasteiger partial charge in [-0.25, -0.2) is 4.98 Å². The number of benzene rings is 3. The minimum absolute atomic E-state index is 0.186. The summed E-state index contributed by atoms with van der Waals surface area (Å²) in [6.07, 6.45) is 0.943. The van der Waals surface area contributed by atoms with E-state index in [-0.39, 0.29) is 5.91 Å². The summed E-state index contributed by atoms with van der Waals surface area (Å²) < 4.78 is 11.4. The van der Waals surface area contributed by atoms with E-state index in [1.807, 2.05) is 49.4 Å². The van der Waals surface area contributed by atoms with Crippen LogP contribution in [0.1, 0.15) is 29.3 Å². The van der Waals surface area contributed by atoms with E-state index in [4.69, 9.17) is 9.15 Å². The molecule has 146 valence electrons. The van der Waals surface area contributed by atoms with Crippen molar-refractivity contribution in [1.29, 1.82) is 0 Å². The number of carbonyl (C=O) groups excluding carboxylic acids is 1. The third kappa shape index (κ3) is 4.14. The molecule has 0 spiro atoms. The van der Waals surface area contributed by atoms with Gasteiger partial charge in [0.05, 0.1) is 6.61 Å². The lowest BCUT2D eigenvalue weighted by Crippen LogP contribution is -2.11. The average molecular weight is 386 g/mol. The normalized spacial score (nSPS) is 10.8. The van der Waals surface area contributed by atoms with Crippen molar-refractivity contribution < 1.29 is 13.9 Å². The molecular weight excluding hydrogens is 364 g/mol. The SMILES string of the molecule is CCCOc1ccc(C(=O)Nc2ccc3oc(-c4ccccc4C)nc3c2)cc1. The van der Waals surface area contributed by atoms with E-state index in [9.17, 15) is 4.79 Å². The molecule has 29 heavy (non-hydrogen) atoms. The molecule has 1 aromatic heterocycles. The Morgan fingerprint density at radius 3 is 2.62 bits per heavy atom. The number of nitrogens with one attached hydrogen (secondary N) is 1. The molecule has 5 heteroatoms. The molecule has 0 unspecified atom stereocenters. The number of rotatable bonds is 6. The van der Waals surface area contributed by atoms with Crippen molar-refractivity contribution in [3.05, 3.63) is 77.9 Å². The van der Waals surface area contributed by atoms with E-state index in [1.54, 1.807) is 24.3 Å². The molecule has 0 aliphatic heterocycles. The summed E-state index contributed by atoms with van der Waals surface area (Å²) in [4.78, 5) is 17.1. The smallest absolute Gasteiger partial charge is 0.255 e. The first-order chi connectivity index (χ1) is 14.1. The van der Waals surface area contributed by atoms with Gasteiger partial charge >= 0.3 is 0 Å². The largest absolute Gasteiger partial charge is 0.494 e. The fourth-order valence-electron chi connectivity index (χ4n) is 3.06. The summed E-state index contributed by atoms with van der Waals surface area (Å²) in [7, 11) is 0. The van der Waals surface area contributed by atoms with E-state index in [0.717, 1.165) is 23.3 Å². The van der Waals surface area contributed by atoms with Crippen molar-refractivity contribution in [3.8, 4) is 17.2 Å². The maximum absolute atomic E-state index is 12.6. The molecule has 4 rings (SSSR count). The summed E-state index contributed by atoms with van der Waals surface area (Å²) in [6, 6.07) is 20.5. The van der Waals surface area contributed by atoms with Gasteiger partial charge in [-0.3, -0.25) is 4.79 Å². The second-order valence-electron chi connectivity index (χ2n) is 6.84. The van der Waals surface area contributed by atoms with E-state index >= 15 is 0 Å². The highest BCUT2D eigenvalue weighted by molar-refractivity contribution is 6.05. The second kappa shape index (κ2) is 8.19. The predicted molar refractivity (Wildman–Crippen MR) is 114 cm³/mol. The standard InChI is InChI=1S/C24H22N2O3/c1-3-14-28-19-11-8-17(9-12-19)23(27)25-18-10-13-22-21(15-18)26-24(29-22)20-7-5-4-6-16(20)2/h4-13,15H,3,14H2,1-2H3,(H,25,27). The molecule has 0 aliphatic carbocycles. The summed E-state index contributed by atoms with van der Waals surface area (Å²) >= 11 is 0. The molecule has 3 aromatic carbocycles. The number of aryl methyl sites for hydroxylation is 1. The first-order valence-corrected chi connectivity index (χ1v) is 9.65. The van der Waals surface area contributed by atoms with Crippen LogP contribution in [0.25, 0.3) is 22.6 Å². The summed E-state index contributed by atoms with van der Waals surface area (Å²) in [6.45, 7) is 4.74. The Bertz CT molecular complexity index is 1150. The Morgan fingerprint density at radius 1 is 1.07 bits per heavy atom. The maximum atomic E-state index is 12.6. The number of aromatic nitrogens is 1. The van der Waals surface area contributed by atoms with E-state index in [0.29, 0.717) is 34.8 Å². The molecule has 1 amide bonds. The minimum atomic E-state index is -0.186. The van der Waals surface area contributed by atoms with Crippen molar-refractivity contribution in [3.63, 3.8) is 0 Å². The van der Waals surface area contributed by atoms with Gasteiger partial charge in [-0.05, 0) is 67.4 Å². The Labute approximate surface area is 169 Å². The van der Waals surface area contributed by atoms with Crippen LogP contribution in [0.15, 0.2) is 71.1 Å². The zero-order valence-corrected chi connectivity index (χ0v) is 16.4. The number of anilines is 1. The van der Waals surface area contributed by atoms with Crippen LogP contribution in [-0.4, -0.2) is 17.5 Å². The summed E-state index contributed by atoms with van der Waals surface area (Å²) in [5.74, 6) is 1.15. The molecule has 5 nitrogen and oxygen atoms in total. The molecule has 0 saturated heterocycles. The second-order valence-corrected chi connectivity index (χ2v) is 6.84. The van der Waals surface area contributed by atoms with E-state index in [2.05, 4.69) is 17.2 Å². The summed E-state index contributed by atoms with van der Waals surface area (Å²) in [5, 5.41) is 2.91. The quantitative estimate of drug-likeness (QED) is 0.452. The zero-order valence-electron chi connectivity index (χ0n) is 16.4. The Kier molecular flexibility index (Phi) is 5.29. The van der Waals surface area contributed by atoms with Crippen LogP contribution in [-0.2, 0) is 0 Å². The third-order valence-corrected chi connectivity index (χ3v) is 4.61. The number of oxazole rings is 1. The van der Waals surface area contributed by atoms with E-state index in [1.165, 1.54) is 0 Å². The Balaban J connectivity index is 1.52. The molecule has 0 atom stereocenters. The molecule has 1 N–H and O–H groups in total. The number of ether oxygens (including phenoxy) is 1.